The van der Waals surface area contributed by atoms with Crippen molar-refractivity contribution in [1.82, 2.24) is 29.1 Å². The molecular weight excluding hydrogens is 661 g/mol. The molecule has 0 atom stereocenters. The lowest BCUT2D eigenvalue weighted by atomic mass is 9.91. The fourth-order valence-corrected chi connectivity index (χ4v) is 8.86. The molecule has 12 aromatic rings. The van der Waals surface area contributed by atoms with E-state index >= 15 is 0 Å². The van der Waals surface area contributed by atoms with E-state index in [4.69, 9.17) is 9.97 Å². The van der Waals surface area contributed by atoms with Crippen LogP contribution in [-0.2, 0) is 0 Å². The third kappa shape index (κ3) is 4.05. The lowest BCUT2D eigenvalue weighted by molar-refractivity contribution is 1.18. The molecule has 54 heavy (non-hydrogen) atoms. The van der Waals surface area contributed by atoms with Crippen LogP contribution in [0.1, 0.15) is 0 Å². The van der Waals surface area contributed by atoms with E-state index < -0.39 is 0 Å². The van der Waals surface area contributed by atoms with E-state index in [0.29, 0.717) is 0 Å². The third-order valence-corrected chi connectivity index (χ3v) is 11.1. The molecule has 0 amide bonds. The van der Waals surface area contributed by atoms with Gasteiger partial charge in [-0.05, 0) is 140 Å². The Morgan fingerprint density at radius 3 is 1.26 bits per heavy atom. The van der Waals surface area contributed by atoms with Crippen LogP contribution in [0.25, 0.3) is 110 Å². The quantitative estimate of drug-likeness (QED) is 0.173. The third-order valence-electron chi connectivity index (χ3n) is 11.1. The molecule has 6 nitrogen and oxygen atoms in total. The summed E-state index contributed by atoms with van der Waals surface area (Å²) in [5.41, 5.74) is 13.2. The van der Waals surface area contributed by atoms with Crippen LogP contribution in [0, 0.1) is 0 Å². The summed E-state index contributed by atoms with van der Waals surface area (Å²) in [6, 6.07) is 48.0. The predicted octanol–water partition coefficient (Wildman–Crippen LogP) is 11.7. The predicted molar refractivity (Wildman–Crippen MR) is 221 cm³/mol. The average Bonchev–Trinajstić information content (AvgIpc) is 3.76. The number of hydrogen-bond donors (Lipinski definition) is 0. The molecule has 0 spiro atoms. The second-order valence-corrected chi connectivity index (χ2v) is 13.9. The van der Waals surface area contributed by atoms with Gasteiger partial charge in [0.1, 0.15) is 0 Å². The molecule has 0 aliphatic rings. The molecule has 0 aliphatic carbocycles. The molecule has 6 aromatic heterocycles. The van der Waals surface area contributed by atoms with Gasteiger partial charge in [0.15, 0.2) is 0 Å². The Morgan fingerprint density at radius 2 is 0.796 bits per heavy atom. The van der Waals surface area contributed by atoms with Crippen molar-refractivity contribution in [1.29, 1.82) is 0 Å². The highest BCUT2D eigenvalue weighted by Gasteiger charge is 2.23. The number of aromatic nitrogens is 6. The highest BCUT2D eigenvalue weighted by atomic mass is 15.0. The van der Waals surface area contributed by atoms with Crippen LogP contribution < -0.4 is 0 Å². The molecule has 0 fully saturated rings. The summed E-state index contributed by atoms with van der Waals surface area (Å²) in [5.74, 6) is 0. The SMILES string of the molecule is c1cc(-c2ccncc2)cc(-n2c3cccnc3c3c4ccc5cc6c(c7ccc(cc32)c4c57)c2ncccc2n6-c2cccc(-c3ccncc3)c2)c1. The first-order valence-corrected chi connectivity index (χ1v) is 18.1. The number of hydrogen-bond acceptors (Lipinski definition) is 4. The van der Waals surface area contributed by atoms with Gasteiger partial charge in [0.25, 0.3) is 0 Å². The summed E-state index contributed by atoms with van der Waals surface area (Å²) in [6.07, 6.45) is 11.2. The summed E-state index contributed by atoms with van der Waals surface area (Å²) < 4.78 is 4.74. The monoisotopic (exact) mass is 688 g/mol. The lowest BCUT2D eigenvalue weighted by Gasteiger charge is -2.15. The lowest BCUT2D eigenvalue weighted by Crippen LogP contribution is -1.95. The number of pyridine rings is 4. The Kier molecular flexibility index (Phi) is 5.96. The molecule has 0 unspecified atom stereocenters. The van der Waals surface area contributed by atoms with Gasteiger partial charge in [0, 0.05) is 59.3 Å². The molecule has 0 saturated carbocycles. The first kappa shape index (κ1) is 29.2. The maximum Gasteiger partial charge on any atom is 0.0969 e. The fraction of sp³-hybridized carbons (Fsp3) is 0. The van der Waals surface area contributed by atoms with Gasteiger partial charge in [-0.25, -0.2) is 0 Å². The smallest absolute Gasteiger partial charge is 0.0969 e. The molecule has 0 bridgehead atoms. The van der Waals surface area contributed by atoms with Gasteiger partial charge in [0.05, 0.1) is 33.1 Å². The van der Waals surface area contributed by atoms with E-state index in [-0.39, 0.29) is 0 Å². The summed E-state index contributed by atoms with van der Waals surface area (Å²) in [4.78, 5) is 18.5. The minimum absolute atomic E-state index is 0.997. The summed E-state index contributed by atoms with van der Waals surface area (Å²) >= 11 is 0. The van der Waals surface area contributed by atoms with Crippen LogP contribution in [0.3, 0.4) is 0 Å². The van der Waals surface area contributed by atoms with Crippen molar-refractivity contribution in [3.8, 4) is 33.6 Å². The van der Waals surface area contributed by atoms with Crippen molar-refractivity contribution in [2.45, 2.75) is 0 Å². The maximum absolute atomic E-state index is 5.03. The molecule has 6 aromatic carbocycles. The molecule has 0 aliphatic heterocycles. The van der Waals surface area contributed by atoms with Gasteiger partial charge in [0.2, 0.25) is 0 Å². The highest BCUT2D eigenvalue weighted by molar-refractivity contribution is 6.37. The van der Waals surface area contributed by atoms with Crippen LogP contribution in [0.4, 0.5) is 0 Å². The van der Waals surface area contributed by atoms with Crippen LogP contribution in [0.15, 0.2) is 171 Å². The van der Waals surface area contributed by atoms with E-state index in [1.165, 1.54) is 32.3 Å². The Labute approximate surface area is 308 Å². The van der Waals surface area contributed by atoms with Gasteiger partial charge < -0.3 is 9.13 Å². The van der Waals surface area contributed by atoms with Crippen LogP contribution >= 0.6 is 0 Å². The van der Waals surface area contributed by atoms with Gasteiger partial charge in [-0.1, -0.05) is 48.5 Å². The highest BCUT2D eigenvalue weighted by Crippen LogP contribution is 2.46. The minimum Gasteiger partial charge on any atom is -0.308 e. The molecule has 0 saturated heterocycles. The summed E-state index contributed by atoms with van der Waals surface area (Å²) in [6.45, 7) is 0. The normalized spacial score (nSPS) is 12.1. The van der Waals surface area contributed by atoms with Crippen molar-refractivity contribution in [3.05, 3.63) is 171 Å². The molecule has 250 valence electrons. The zero-order valence-electron chi connectivity index (χ0n) is 28.8. The number of nitrogens with zero attached hydrogens (tertiary/aromatic N) is 6. The van der Waals surface area contributed by atoms with Crippen LogP contribution in [0.5, 0.6) is 0 Å². The van der Waals surface area contributed by atoms with Crippen LogP contribution in [0.2, 0.25) is 0 Å². The van der Waals surface area contributed by atoms with E-state index in [1.54, 1.807) is 0 Å². The minimum atomic E-state index is 0.997. The number of benzene rings is 6. The molecular formula is C48H28N6. The largest absolute Gasteiger partial charge is 0.308 e. The zero-order valence-corrected chi connectivity index (χ0v) is 28.8. The topological polar surface area (TPSA) is 61.4 Å². The molecule has 0 radical (unpaired) electrons. The molecule has 6 heterocycles. The van der Waals surface area contributed by atoms with Crippen molar-refractivity contribution >= 4 is 76.2 Å². The zero-order chi connectivity index (χ0) is 35.3. The van der Waals surface area contributed by atoms with E-state index in [9.17, 15) is 0 Å². The fourth-order valence-electron chi connectivity index (χ4n) is 8.86. The van der Waals surface area contributed by atoms with Gasteiger partial charge in [-0.3, -0.25) is 19.9 Å². The van der Waals surface area contributed by atoms with Crippen molar-refractivity contribution in [2.24, 2.45) is 0 Å². The summed E-state index contributed by atoms with van der Waals surface area (Å²) in [5, 5.41) is 9.64. The van der Waals surface area contributed by atoms with Crippen molar-refractivity contribution in [3.63, 3.8) is 0 Å². The average molecular weight is 689 g/mol. The molecule has 0 N–H and O–H groups in total. The second-order valence-electron chi connectivity index (χ2n) is 13.9. The van der Waals surface area contributed by atoms with E-state index in [1.807, 2.05) is 49.3 Å². The van der Waals surface area contributed by atoms with Gasteiger partial charge in [-0.15, -0.1) is 0 Å². The molecule has 6 heteroatoms. The van der Waals surface area contributed by atoms with Gasteiger partial charge >= 0.3 is 0 Å². The van der Waals surface area contributed by atoms with Crippen molar-refractivity contribution < 1.29 is 0 Å². The Bertz CT molecular complexity index is 3200. The Balaban J connectivity index is 1.15. The van der Waals surface area contributed by atoms with Gasteiger partial charge in [-0.2, -0.15) is 0 Å². The van der Waals surface area contributed by atoms with Crippen molar-refractivity contribution in [2.75, 3.05) is 0 Å². The van der Waals surface area contributed by atoms with Crippen LogP contribution in [-0.4, -0.2) is 29.1 Å². The van der Waals surface area contributed by atoms with E-state index in [2.05, 4.69) is 140 Å². The second kappa shape index (κ2) is 11.0. The number of fused-ring (bicyclic) bond motifs is 8. The standard InChI is InChI=1S/C48H28N6/c1-5-31(29-15-21-49-22-16-29)25-35(7-1)53-39-9-3-19-51-47(39)45-37-13-12-34-28-42-46(38-14-11-33(27-41(45)53)43(37)44(34)38)48-40(10-4-20-52-48)54(42)36-8-2-6-32(26-36)30-17-23-50-24-18-30/h1-28H. The molecule has 12 rings (SSSR count). The maximum atomic E-state index is 5.03. The first-order chi connectivity index (χ1) is 26.8. The first-order valence-electron chi connectivity index (χ1n) is 18.1. The Morgan fingerprint density at radius 1 is 0.333 bits per heavy atom. The summed E-state index contributed by atoms with van der Waals surface area (Å²) in [7, 11) is 0. The Hall–Kier alpha value is -7.44. The van der Waals surface area contributed by atoms with E-state index in [0.717, 1.165) is 77.5 Å². The number of rotatable bonds is 4.